The maximum absolute atomic E-state index is 12.1. The molecule has 1 heterocycles. The summed E-state index contributed by atoms with van der Waals surface area (Å²) >= 11 is 0. The van der Waals surface area contributed by atoms with Crippen LogP contribution in [-0.4, -0.2) is 20.6 Å². The number of benzene rings is 1. The van der Waals surface area contributed by atoms with Crippen LogP contribution in [0.5, 0.6) is 0 Å². The van der Waals surface area contributed by atoms with Gasteiger partial charge in [0.2, 0.25) is 0 Å². The molecule has 0 aliphatic carbocycles. The quantitative estimate of drug-likeness (QED) is 0.431. The van der Waals surface area contributed by atoms with Gasteiger partial charge in [-0.25, -0.2) is 0 Å². The van der Waals surface area contributed by atoms with Gasteiger partial charge in [0.05, 0.1) is 16.7 Å². The average Bonchev–Trinajstić information content (AvgIpc) is 2.83. The second kappa shape index (κ2) is 5.36. The molecule has 1 amide bonds. The Balaban J connectivity index is 2.37. The Morgan fingerprint density at radius 2 is 2.20 bits per heavy atom. The lowest BCUT2D eigenvalue weighted by Crippen LogP contribution is -2.19. The first kappa shape index (κ1) is 13.5. The number of hydrogen-bond acceptors (Lipinski definition) is 6. The Bertz CT molecular complexity index is 666. The number of nitro groups is 1. The number of rotatable bonds is 4. The second-order valence-corrected chi connectivity index (χ2v) is 3.90. The fraction of sp³-hybridized carbons (Fsp3) is 0.0909. The number of carbonyl (C=O) groups is 1. The van der Waals surface area contributed by atoms with Crippen molar-refractivity contribution >= 4 is 23.1 Å². The third-order valence-corrected chi connectivity index (χ3v) is 2.69. The molecule has 20 heavy (non-hydrogen) atoms. The van der Waals surface area contributed by atoms with Crippen LogP contribution < -0.4 is 16.6 Å². The first-order chi connectivity index (χ1) is 9.54. The number of hydrazine groups is 1. The van der Waals surface area contributed by atoms with E-state index < -0.39 is 10.8 Å². The largest absolute Gasteiger partial charge is 0.318 e. The summed E-state index contributed by atoms with van der Waals surface area (Å²) in [6.45, 7) is 0. The van der Waals surface area contributed by atoms with Gasteiger partial charge in [0.1, 0.15) is 11.5 Å². The number of carbonyl (C=O) groups excluding carboxylic acids is 1. The van der Waals surface area contributed by atoms with Crippen LogP contribution in [-0.2, 0) is 7.05 Å². The van der Waals surface area contributed by atoms with Gasteiger partial charge in [-0.15, -0.1) is 0 Å². The van der Waals surface area contributed by atoms with Crippen LogP contribution in [0.2, 0.25) is 0 Å². The molecule has 0 saturated heterocycles. The van der Waals surface area contributed by atoms with Crippen LogP contribution in [0.25, 0.3) is 0 Å². The van der Waals surface area contributed by atoms with E-state index in [4.69, 9.17) is 5.84 Å². The predicted molar refractivity (Wildman–Crippen MR) is 72.1 cm³/mol. The molecular weight excluding hydrogens is 264 g/mol. The maximum Gasteiger partial charge on any atom is 0.294 e. The van der Waals surface area contributed by atoms with Crippen molar-refractivity contribution in [1.82, 2.24) is 9.78 Å². The number of para-hydroxylation sites is 1. The summed E-state index contributed by atoms with van der Waals surface area (Å²) in [7, 11) is 1.66. The summed E-state index contributed by atoms with van der Waals surface area (Å²) in [5.41, 5.74) is 1.95. The molecule has 1 aromatic heterocycles. The van der Waals surface area contributed by atoms with Crippen molar-refractivity contribution in [3.63, 3.8) is 0 Å². The summed E-state index contributed by atoms with van der Waals surface area (Å²) in [6, 6.07) is 5.71. The predicted octanol–water partition coefficient (Wildman–Crippen LogP) is 0.866. The van der Waals surface area contributed by atoms with E-state index in [0.717, 1.165) is 0 Å². The molecule has 0 atom stereocenters. The second-order valence-electron chi connectivity index (χ2n) is 3.90. The zero-order valence-electron chi connectivity index (χ0n) is 10.5. The molecule has 0 spiro atoms. The van der Waals surface area contributed by atoms with E-state index in [9.17, 15) is 14.9 Å². The van der Waals surface area contributed by atoms with Gasteiger partial charge < -0.3 is 10.7 Å². The highest BCUT2D eigenvalue weighted by molar-refractivity contribution is 6.08. The molecule has 0 saturated carbocycles. The lowest BCUT2D eigenvalue weighted by molar-refractivity contribution is -0.384. The highest BCUT2D eigenvalue weighted by atomic mass is 16.6. The summed E-state index contributed by atoms with van der Waals surface area (Å²) in [5, 5.41) is 17.4. The number of nitrogens with one attached hydrogen (secondary N) is 2. The molecule has 2 rings (SSSR count). The SMILES string of the molecule is Cn1nccc1NC(=O)c1cccc([N+](=O)[O-])c1NN. The molecule has 0 fully saturated rings. The molecule has 0 aliphatic heterocycles. The van der Waals surface area contributed by atoms with Crippen molar-refractivity contribution in [2.75, 3.05) is 10.7 Å². The van der Waals surface area contributed by atoms with Crippen molar-refractivity contribution < 1.29 is 9.72 Å². The van der Waals surface area contributed by atoms with Gasteiger partial charge >= 0.3 is 0 Å². The Labute approximate surface area is 113 Å². The van der Waals surface area contributed by atoms with Crippen molar-refractivity contribution in [1.29, 1.82) is 0 Å². The molecule has 9 heteroatoms. The van der Waals surface area contributed by atoms with Crippen LogP contribution >= 0.6 is 0 Å². The standard InChI is InChI=1S/C11H12N6O3/c1-16-9(5-6-13-16)14-11(18)7-3-2-4-8(17(19)20)10(7)15-12/h2-6,15H,12H2,1H3,(H,14,18). The summed E-state index contributed by atoms with van der Waals surface area (Å²) in [4.78, 5) is 22.4. The first-order valence-corrected chi connectivity index (χ1v) is 5.58. The van der Waals surface area contributed by atoms with Gasteiger partial charge in [0.25, 0.3) is 11.6 Å². The van der Waals surface area contributed by atoms with Gasteiger partial charge in [-0.2, -0.15) is 5.10 Å². The van der Waals surface area contributed by atoms with E-state index in [-0.39, 0.29) is 16.9 Å². The first-order valence-electron chi connectivity index (χ1n) is 5.58. The van der Waals surface area contributed by atoms with Gasteiger partial charge in [-0.05, 0) is 6.07 Å². The molecule has 9 nitrogen and oxygen atoms in total. The van der Waals surface area contributed by atoms with Crippen LogP contribution in [0, 0.1) is 10.1 Å². The van der Waals surface area contributed by atoms with Crippen molar-refractivity contribution in [2.45, 2.75) is 0 Å². The molecular formula is C11H12N6O3. The minimum absolute atomic E-state index is 0.0443. The average molecular weight is 276 g/mol. The molecule has 0 bridgehead atoms. The number of nitrogens with zero attached hydrogens (tertiary/aromatic N) is 3. The molecule has 0 radical (unpaired) electrons. The van der Waals surface area contributed by atoms with Crippen LogP contribution in [0.3, 0.4) is 0 Å². The highest BCUT2D eigenvalue weighted by Gasteiger charge is 2.21. The van der Waals surface area contributed by atoms with Crippen molar-refractivity contribution in [2.24, 2.45) is 12.9 Å². The van der Waals surface area contributed by atoms with Crippen molar-refractivity contribution in [3.8, 4) is 0 Å². The zero-order valence-corrected chi connectivity index (χ0v) is 10.5. The van der Waals surface area contributed by atoms with Crippen LogP contribution in [0.1, 0.15) is 10.4 Å². The van der Waals surface area contributed by atoms with Gasteiger partial charge in [-0.1, -0.05) is 6.07 Å². The Morgan fingerprint density at radius 3 is 2.75 bits per heavy atom. The van der Waals surface area contributed by atoms with Crippen molar-refractivity contribution in [3.05, 3.63) is 46.1 Å². The molecule has 4 N–H and O–H groups in total. The highest BCUT2D eigenvalue weighted by Crippen LogP contribution is 2.27. The third kappa shape index (κ3) is 2.42. The fourth-order valence-corrected chi connectivity index (χ4v) is 1.71. The number of aromatic nitrogens is 2. The molecule has 104 valence electrons. The number of hydrogen-bond donors (Lipinski definition) is 3. The minimum atomic E-state index is -0.615. The number of nitrogen functional groups attached to an aromatic ring is 1. The van der Waals surface area contributed by atoms with Crippen LogP contribution in [0.4, 0.5) is 17.2 Å². The topological polar surface area (TPSA) is 128 Å². The van der Waals surface area contributed by atoms with E-state index in [1.54, 1.807) is 13.1 Å². The Hall–Kier alpha value is -2.94. The zero-order chi connectivity index (χ0) is 14.7. The van der Waals surface area contributed by atoms with E-state index in [1.165, 1.54) is 29.1 Å². The smallest absolute Gasteiger partial charge is 0.294 e. The molecule has 0 unspecified atom stereocenters. The lowest BCUT2D eigenvalue weighted by atomic mass is 10.1. The fourth-order valence-electron chi connectivity index (χ4n) is 1.71. The number of amides is 1. The Kier molecular flexibility index (Phi) is 3.62. The Morgan fingerprint density at radius 1 is 1.45 bits per heavy atom. The lowest BCUT2D eigenvalue weighted by Gasteiger charge is -2.09. The number of nitrogens with two attached hydrogens (primary N) is 1. The van der Waals surface area contributed by atoms with E-state index in [2.05, 4.69) is 15.8 Å². The molecule has 1 aromatic carbocycles. The maximum atomic E-state index is 12.1. The summed E-state index contributed by atoms with van der Waals surface area (Å²) in [6.07, 6.45) is 1.52. The van der Waals surface area contributed by atoms with Gasteiger partial charge in [0, 0.05) is 19.2 Å². The molecule has 2 aromatic rings. The monoisotopic (exact) mass is 276 g/mol. The number of anilines is 2. The normalized spacial score (nSPS) is 10.1. The minimum Gasteiger partial charge on any atom is -0.318 e. The van der Waals surface area contributed by atoms with E-state index in [0.29, 0.717) is 5.82 Å². The number of nitro benzene ring substituents is 1. The van der Waals surface area contributed by atoms with Gasteiger partial charge in [0.15, 0.2) is 0 Å². The van der Waals surface area contributed by atoms with Gasteiger partial charge in [-0.3, -0.25) is 25.4 Å². The van der Waals surface area contributed by atoms with E-state index in [1.807, 2.05) is 0 Å². The third-order valence-electron chi connectivity index (χ3n) is 2.69. The van der Waals surface area contributed by atoms with Crippen LogP contribution in [0.15, 0.2) is 30.5 Å². The summed E-state index contributed by atoms with van der Waals surface area (Å²) < 4.78 is 1.46. The summed E-state index contributed by atoms with van der Waals surface area (Å²) in [5.74, 6) is 5.22. The number of aryl methyl sites for hydroxylation is 1. The molecule has 0 aliphatic rings. The van der Waals surface area contributed by atoms with E-state index >= 15 is 0 Å².